The van der Waals surface area contributed by atoms with Crippen LogP contribution in [0.3, 0.4) is 0 Å². The minimum atomic E-state index is -3.53. The maximum absolute atomic E-state index is 12.3. The molecule has 8 nitrogen and oxygen atoms in total. The van der Waals surface area contributed by atoms with Crippen LogP contribution in [0.5, 0.6) is 0 Å². The molecule has 1 aromatic rings. The molecule has 0 amide bonds. The Balaban J connectivity index is 2.00. The van der Waals surface area contributed by atoms with Crippen LogP contribution in [0.25, 0.3) is 0 Å². The summed E-state index contributed by atoms with van der Waals surface area (Å²) in [5, 5.41) is 7.68. The lowest BCUT2D eigenvalue weighted by molar-refractivity contribution is -0.0444. The van der Waals surface area contributed by atoms with E-state index in [0.29, 0.717) is 25.5 Å². The number of morpholine rings is 1. The first kappa shape index (κ1) is 15.4. The Morgan fingerprint density at radius 2 is 2.05 bits per heavy atom. The summed E-state index contributed by atoms with van der Waals surface area (Å²) in [6.07, 6.45) is 1.38. The molecule has 2 rings (SSSR count). The van der Waals surface area contributed by atoms with Gasteiger partial charge in [0.05, 0.1) is 18.8 Å². The third-order valence-electron chi connectivity index (χ3n) is 3.18. The lowest BCUT2D eigenvalue weighted by Gasteiger charge is -2.34. The monoisotopic (exact) mass is 303 g/mol. The highest BCUT2D eigenvalue weighted by atomic mass is 32.2. The molecule has 2 unspecified atom stereocenters. The summed E-state index contributed by atoms with van der Waals surface area (Å²) in [5.74, 6) is 0.602. The highest BCUT2D eigenvalue weighted by Crippen LogP contribution is 2.13. The number of ether oxygens (including phenoxy) is 1. The van der Waals surface area contributed by atoms with Crippen LogP contribution in [0, 0.1) is 0 Å². The molecule has 1 aliphatic heterocycles. The lowest BCUT2D eigenvalue weighted by Crippen LogP contribution is -2.51. The molecule has 9 heteroatoms. The molecule has 2 heterocycles. The summed E-state index contributed by atoms with van der Waals surface area (Å²) >= 11 is 0. The van der Waals surface area contributed by atoms with Crippen molar-refractivity contribution < 1.29 is 13.2 Å². The molecule has 0 bridgehead atoms. The Hall–Kier alpha value is -1.03. The van der Waals surface area contributed by atoms with Crippen LogP contribution in [-0.2, 0) is 28.0 Å². The van der Waals surface area contributed by atoms with Gasteiger partial charge in [0.15, 0.2) is 0 Å². The Labute approximate surface area is 119 Å². The molecule has 1 aromatic heterocycles. The second-order valence-corrected chi connectivity index (χ2v) is 6.69. The molecule has 2 atom stereocenters. The molecule has 1 N–H and O–H groups in total. The molecule has 1 fully saturated rings. The number of hydrogen-bond donors (Lipinski definition) is 1. The summed E-state index contributed by atoms with van der Waals surface area (Å²) in [5.41, 5.74) is 0. The van der Waals surface area contributed by atoms with E-state index in [1.54, 1.807) is 10.9 Å². The Bertz CT molecular complexity index is 534. The first-order valence-corrected chi connectivity index (χ1v) is 8.13. The Kier molecular flexibility index (Phi) is 4.74. The van der Waals surface area contributed by atoms with E-state index >= 15 is 0 Å². The van der Waals surface area contributed by atoms with Crippen molar-refractivity contribution in [3.63, 3.8) is 0 Å². The summed E-state index contributed by atoms with van der Waals surface area (Å²) < 4.78 is 35.9. The summed E-state index contributed by atoms with van der Waals surface area (Å²) in [6, 6.07) is 0. The first-order valence-electron chi connectivity index (χ1n) is 6.69. The van der Waals surface area contributed by atoms with E-state index in [0.717, 1.165) is 0 Å². The largest absolute Gasteiger partial charge is 0.373 e. The molecule has 0 saturated carbocycles. The van der Waals surface area contributed by atoms with Gasteiger partial charge in [0.2, 0.25) is 0 Å². The van der Waals surface area contributed by atoms with Gasteiger partial charge in [-0.25, -0.2) is 0 Å². The Morgan fingerprint density at radius 1 is 1.40 bits per heavy atom. The van der Waals surface area contributed by atoms with E-state index in [1.165, 1.54) is 4.31 Å². The topological polar surface area (TPSA) is 89.3 Å². The average molecular weight is 303 g/mol. The van der Waals surface area contributed by atoms with Crippen LogP contribution < -0.4 is 4.72 Å². The number of nitrogens with zero attached hydrogens (tertiary/aromatic N) is 4. The molecule has 20 heavy (non-hydrogen) atoms. The van der Waals surface area contributed by atoms with Gasteiger partial charge in [0.25, 0.3) is 10.2 Å². The summed E-state index contributed by atoms with van der Waals surface area (Å²) in [7, 11) is -3.53. The van der Waals surface area contributed by atoms with Crippen LogP contribution in [-0.4, -0.2) is 52.8 Å². The zero-order chi connectivity index (χ0) is 14.8. The molecule has 0 spiro atoms. The molecule has 1 saturated heterocycles. The van der Waals surface area contributed by atoms with Crippen molar-refractivity contribution in [3.8, 4) is 0 Å². The van der Waals surface area contributed by atoms with E-state index in [2.05, 4.69) is 14.9 Å². The quantitative estimate of drug-likeness (QED) is 0.809. The fraction of sp³-hybridized carbons (Fsp3) is 0.818. The predicted molar refractivity (Wildman–Crippen MR) is 73.0 cm³/mol. The van der Waals surface area contributed by atoms with Gasteiger partial charge in [0, 0.05) is 19.6 Å². The van der Waals surface area contributed by atoms with E-state index in [9.17, 15) is 8.42 Å². The highest BCUT2D eigenvalue weighted by molar-refractivity contribution is 7.87. The second kappa shape index (κ2) is 6.17. The minimum Gasteiger partial charge on any atom is -0.373 e. The van der Waals surface area contributed by atoms with E-state index in [4.69, 9.17) is 4.74 Å². The number of aryl methyl sites for hydroxylation is 1. The van der Waals surface area contributed by atoms with Crippen molar-refractivity contribution in [2.45, 2.75) is 46.1 Å². The smallest absolute Gasteiger partial charge is 0.280 e. The van der Waals surface area contributed by atoms with Crippen molar-refractivity contribution in [3.05, 3.63) is 12.2 Å². The van der Waals surface area contributed by atoms with Gasteiger partial charge >= 0.3 is 0 Å². The zero-order valence-electron chi connectivity index (χ0n) is 12.0. The van der Waals surface area contributed by atoms with Crippen molar-refractivity contribution >= 4 is 10.2 Å². The van der Waals surface area contributed by atoms with Crippen LogP contribution in [0.4, 0.5) is 0 Å². The van der Waals surface area contributed by atoms with Crippen molar-refractivity contribution in [2.24, 2.45) is 0 Å². The van der Waals surface area contributed by atoms with Gasteiger partial charge in [-0.1, -0.05) is 0 Å². The van der Waals surface area contributed by atoms with Gasteiger partial charge in [-0.3, -0.25) is 0 Å². The molecule has 0 radical (unpaired) electrons. The van der Waals surface area contributed by atoms with Gasteiger partial charge in [-0.2, -0.15) is 17.4 Å². The maximum Gasteiger partial charge on any atom is 0.280 e. The van der Waals surface area contributed by atoms with Crippen LogP contribution in [0.15, 0.2) is 6.33 Å². The molecular formula is C11H21N5O3S. The third kappa shape index (κ3) is 3.54. The zero-order valence-corrected chi connectivity index (χ0v) is 12.8. The standard InChI is InChI=1S/C11H21N5O3S/c1-4-15-8-12-14-11(15)5-13-20(17,18)16-6-9(2)19-10(3)7-16/h8-10,13H,4-7H2,1-3H3. The summed E-state index contributed by atoms with van der Waals surface area (Å²) in [4.78, 5) is 0. The molecule has 114 valence electrons. The third-order valence-corrected chi connectivity index (χ3v) is 4.66. The fourth-order valence-electron chi connectivity index (χ4n) is 2.25. The van der Waals surface area contributed by atoms with Gasteiger partial charge in [-0.15, -0.1) is 10.2 Å². The second-order valence-electron chi connectivity index (χ2n) is 4.93. The first-order chi connectivity index (χ1) is 9.42. The lowest BCUT2D eigenvalue weighted by atomic mass is 10.3. The van der Waals surface area contributed by atoms with Crippen molar-refractivity contribution in [1.29, 1.82) is 0 Å². The van der Waals surface area contributed by atoms with Crippen molar-refractivity contribution in [1.82, 2.24) is 23.8 Å². The molecule has 0 aromatic carbocycles. The van der Waals surface area contributed by atoms with Crippen molar-refractivity contribution in [2.75, 3.05) is 13.1 Å². The van der Waals surface area contributed by atoms with Crippen LogP contribution in [0.1, 0.15) is 26.6 Å². The normalized spacial score (nSPS) is 24.9. The maximum atomic E-state index is 12.3. The number of nitrogens with one attached hydrogen (secondary N) is 1. The summed E-state index contributed by atoms with van der Waals surface area (Å²) in [6.45, 7) is 7.25. The van der Waals surface area contributed by atoms with E-state index in [1.807, 2.05) is 20.8 Å². The molecular weight excluding hydrogens is 282 g/mol. The SMILES string of the molecule is CCn1cnnc1CNS(=O)(=O)N1CC(C)OC(C)C1. The highest BCUT2D eigenvalue weighted by Gasteiger charge is 2.30. The number of rotatable bonds is 5. The average Bonchev–Trinajstić information content (AvgIpc) is 2.82. The van der Waals surface area contributed by atoms with Gasteiger partial charge in [0.1, 0.15) is 12.2 Å². The van der Waals surface area contributed by atoms with Crippen LogP contribution >= 0.6 is 0 Å². The van der Waals surface area contributed by atoms with Gasteiger partial charge in [-0.05, 0) is 20.8 Å². The number of aromatic nitrogens is 3. The molecule has 1 aliphatic rings. The van der Waals surface area contributed by atoms with Gasteiger partial charge < -0.3 is 9.30 Å². The Morgan fingerprint density at radius 3 is 2.65 bits per heavy atom. The molecule has 0 aliphatic carbocycles. The van der Waals surface area contributed by atoms with E-state index < -0.39 is 10.2 Å². The van der Waals surface area contributed by atoms with Crippen LogP contribution in [0.2, 0.25) is 0 Å². The predicted octanol–water partition coefficient (Wildman–Crippen LogP) is -0.258. The minimum absolute atomic E-state index is 0.102. The van der Waals surface area contributed by atoms with E-state index in [-0.39, 0.29) is 18.8 Å². The number of hydrogen-bond acceptors (Lipinski definition) is 5. The fourth-order valence-corrected chi connectivity index (χ4v) is 3.56.